The van der Waals surface area contributed by atoms with Gasteiger partial charge in [-0.05, 0) is 12.1 Å². The van der Waals surface area contributed by atoms with Gasteiger partial charge in [-0.2, -0.15) is 4.98 Å². The summed E-state index contributed by atoms with van der Waals surface area (Å²) < 4.78 is 5.19. The Balaban J connectivity index is 1.52. The van der Waals surface area contributed by atoms with Gasteiger partial charge < -0.3 is 9.84 Å². The van der Waals surface area contributed by atoms with Crippen LogP contribution in [0.1, 0.15) is 5.89 Å². The van der Waals surface area contributed by atoms with E-state index < -0.39 is 0 Å². The molecule has 1 unspecified atom stereocenters. The van der Waals surface area contributed by atoms with Gasteiger partial charge in [-0.25, -0.2) is 0 Å². The molecule has 0 radical (unpaired) electrons. The first-order valence-electron chi connectivity index (χ1n) is 6.90. The smallest absolute Gasteiger partial charge is 0.238 e. The summed E-state index contributed by atoms with van der Waals surface area (Å²) in [5, 5.41) is 10.5. The van der Waals surface area contributed by atoms with E-state index in [-0.39, 0.29) is 11.9 Å². The van der Waals surface area contributed by atoms with Crippen molar-refractivity contribution >= 4 is 29.3 Å². The highest BCUT2D eigenvalue weighted by atomic mass is 35.5. The Morgan fingerprint density at radius 3 is 3.23 bits per heavy atom. The second-order valence-corrected chi connectivity index (χ2v) is 6.30. The zero-order valence-corrected chi connectivity index (χ0v) is 13.3. The van der Waals surface area contributed by atoms with Crippen molar-refractivity contribution in [2.45, 2.75) is 12.5 Å². The average molecular weight is 339 g/mol. The molecule has 8 heteroatoms. The molecule has 1 fully saturated rings. The van der Waals surface area contributed by atoms with Crippen LogP contribution in [0.3, 0.4) is 0 Å². The molecule has 2 aromatic rings. The highest BCUT2D eigenvalue weighted by molar-refractivity contribution is 7.99. The first-order chi connectivity index (χ1) is 10.7. The van der Waals surface area contributed by atoms with Crippen molar-refractivity contribution in [3.05, 3.63) is 35.2 Å². The monoisotopic (exact) mass is 338 g/mol. The third kappa shape index (κ3) is 3.79. The Hall–Kier alpha value is -1.57. The molecule has 0 saturated carbocycles. The minimum atomic E-state index is -0.102. The molecule has 116 valence electrons. The molecule has 1 aliphatic rings. The van der Waals surface area contributed by atoms with Crippen molar-refractivity contribution in [3.63, 3.8) is 0 Å². The van der Waals surface area contributed by atoms with Crippen LogP contribution >= 0.6 is 23.4 Å². The minimum absolute atomic E-state index is 0.0135. The first kappa shape index (κ1) is 15.3. The lowest BCUT2D eigenvalue weighted by Gasteiger charge is -2.08. The van der Waals surface area contributed by atoms with Crippen molar-refractivity contribution in [1.82, 2.24) is 20.8 Å². The van der Waals surface area contributed by atoms with Gasteiger partial charge in [0.1, 0.15) is 0 Å². The van der Waals surface area contributed by atoms with E-state index in [0.717, 1.165) is 17.2 Å². The largest absolute Gasteiger partial charge is 0.354 e. The van der Waals surface area contributed by atoms with Crippen LogP contribution in [0.2, 0.25) is 5.02 Å². The molecule has 1 saturated heterocycles. The van der Waals surface area contributed by atoms with Crippen molar-refractivity contribution in [1.29, 1.82) is 0 Å². The van der Waals surface area contributed by atoms with Crippen LogP contribution in [-0.2, 0) is 11.2 Å². The van der Waals surface area contributed by atoms with Crippen molar-refractivity contribution < 1.29 is 9.32 Å². The van der Waals surface area contributed by atoms with Gasteiger partial charge in [0.05, 0.1) is 6.04 Å². The van der Waals surface area contributed by atoms with E-state index in [1.54, 1.807) is 23.9 Å². The standard InChI is InChI=1S/C14H15ClN4O2S/c15-10-3-1-2-9(6-10)13-18-12(21-19-13)4-5-16-14(20)11-7-22-8-17-11/h1-3,6,11,17H,4-5,7-8H2,(H,16,20). The van der Waals surface area contributed by atoms with Crippen LogP contribution in [-0.4, -0.2) is 40.3 Å². The number of carbonyl (C=O) groups is 1. The Morgan fingerprint density at radius 1 is 1.55 bits per heavy atom. The summed E-state index contributed by atoms with van der Waals surface area (Å²) in [6.45, 7) is 0.471. The van der Waals surface area contributed by atoms with Gasteiger partial charge in [0.2, 0.25) is 17.6 Å². The molecule has 0 bridgehead atoms. The zero-order valence-electron chi connectivity index (χ0n) is 11.7. The van der Waals surface area contributed by atoms with E-state index in [9.17, 15) is 4.79 Å². The lowest BCUT2D eigenvalue weighted by Crippen LogP contribution is -2.42. The normalized spacial score (nSPS) is 17.6. The van der Waals surface area contributed by atoms with Crippen LogP contribution < -0.4 is 10.6 Å². The quantitative estimate of drug-likeness (QED) is 0.864. The molecule has 0 spiro atoms. The molecule has 22 heavy (non-hydrogen) atoms. The number of aromatic nitrogens is 2. The van der Waals surface area contributed by atoms with Crippen LogP contribution in [0.4, 0.5) is 0 Å². The van der Waals surface area contributed by atoms with E-state index in [2.05, 4.69) is 20.8 Å². The number of nitrogens with zero attached hydrogens (tertiary/aromatic N) is 2. The van der Waals surface area contributed by atoms with E-state index in [0.29, 0.717) is 29.7 Å². The third-order valence-corrected chi connectivity index (χ3v) is 4.40. The van der Waals surface area contributed by atoms with Gasteiger partial charge in [0, 0.05) is 35.2 Å². The van der Waals surface area contributed by atoms with Gasteiger partial charge in [-0.3, -0.25) is 10.1 Å². The first-order valence-corrected chi connectivity index (χ1v) is 8.43. The van der Waals surface area contributed by atoms with Gasteiger partial charge in [0.25, 0.3) is 0 Å². The topological polar surface area (TPSA) is 80.1 Å². The Bertz CT molecular complexity index is 658. The van der Waals surface area contributed by atoms with Crippen molar-refractivity contribution in [3.8, 4) is 11.4 Å². The Morgan fingerprint density at radius 2 is 2.45 bits per heavy atom. The fourth-order valence-electron chi connectivity index (χ4n) is 2.08. The zero-order chi connectivity index (χ0) is 15.4. The fourth-order valence-corrected chi connectivity index (χ4v) is 3.21. The Labute approximate surface area is 137 Å². The molecule has 1 aliphatic heterocycles. The van der Waals surface area contributed by atoms with E-state index in [4.69, 9.17) is 16.1 Å². The predicted octanol–water partition coefficient (Wildman–Crippen LogP) is 1.71. The summed E-state index contributed by atoms with van der Waals surface area (Å²) in [4.78, 5) is 16.1. The fraction of sp³-hybridized carbons (Fsp3) is 0.357. The molecule has 6 nitrogen and oxygen atoms in total. The highest BCUT2D eigenvalue weighted by Crippen LogP contribution is 2.19. The molecular formula is C14H15ClN4O2S. The van der Waals surface area contributed by atoms with Crippen LogP contribution in [0.15, 0.2) is 28.8 Å². The summed E-state index contributed by atoms with van der Waals surface area (Å²) in [6, 6.07) is 7.17. The second kappa shape index (κ2) is 7.13. The summed E-state index contributed by atoms with van der Waals surface area (Å²) in [5.74, 6) is 2.64. The number of rotatable bonds is 5. The number of carbonyl (C=O) groups excluding carboxylic acids is 1. The molecule has 1 aromatic heterocycles. The lowest BCUT2D eigenvalue weighted by molar-refractivity contribution is -0.122. The van der Waals surface area contributed by atoms with E-state index >= 15 is 0 Å². The molecule has 1 amide bonds. The van der Waals surface area contributed by atoms with Crippen LogP contribution in [0.5, 0.6) is 0 Å². The third-order valence-electron chi connectivity index (χ3n) is 3.22. The molecule has 3 rings (SSSR count). The summed E-state index contributed by atoms with van der Waals surface area (Å²) in [5.41, 5.74) is 0.804. The maximum Gasteiger partial charge on any atom is 0.238 e. The van der Waals surface area contributed by atoms with Crippen LogP contribution in [0.25, 0.3) is 11.4 Å². The number of amides is 1. The number of hydrogen-bond donors (Lipinski definition) is 2. The number of benzene rings is 1. The number of halogens is 1. The molecule has 1 atom stereocenters. The predicted molar refractivity (Wildman–Crippen MR) is 85.7 cm³/mol. The molecule has 2 N–H and O–H groups in total. The minimum Gasteiger partial charge on any atom is -0.354 e. The second-order valence-electron chi connectivity index (χ2n) is 4.83. The van der Waals surface area contributed by atoms with Crippen molar-refractivity contribution in [2.24, 2.45) is 0 Å². The lowest BCUT2D eigenvalue weighted by atomic mass is 10.2. The molecule has 1 aromatic carbocycles. The summed E-state index contributed by atoms with van der Waals surface area (Å²) in [6.07, 6.45) is 0.499. The van der Waals surface area contributed by atoms with Gasteiger partial charge in [-0.15, -0.1) is 11.8 Å². The van der Waals surface area contributed by atoms with E-state index in [1.165, 1.54) is 0 Å². The maximum absolute atomic E-state index is 11.8. The van der Waals surface area contributed by atoms with Gasteiger partial charge >= 0.3 is 0 Å². The number of hydrogen-bond acceptors (Lipinski definition) is 6. The molecule has 2 heterocycles. The number of thioether (sulfide) groups is 1. The summed E-state index contributed by atoms with van der Waals surface area (Å²) in [7, 11) is 0. The average Bonchev–Trinajstić information content (AvgIpc) is 3.19. The Kier molecular flexibility index (Phi) is 4.97. The highest BCUT2D eigenvalue weighted by Gasteiger charge is 2.22. The van der Waals surface area contributed by atoms with E-state index in [1.807, 2.05) is 12.1 Å². The SMILES string of the molecule is O=C(NCCc1nc(-c2cccc(Cl)c2)no1)C1CSCN1. The van der Waals surface area contributed by atoms with Crippen LogP contribution in [0, 0.1) is 0 Å². The van der Waals surface area contributed by atoms with Crippen molar-refractivity contribution in [2.75, 3.05) is 18.2 Å². The molecule has 0 aliphatic carbocycles. The maximum atomic E-state index is 11.8. The van der Waals surface area contributed by atoms with Gasteiger partial charge in [0.15, 0.2) is 0 Å². The molecular weight excluding hydrogens is 324 g/mol. The van der Waals surface area contributed by atoms with Gasteiger partial charge in [-0.1, -0.05) is 28.9 Å². The number of nitrogens with one attached hydrogen (secondary N) is 2. The summed E-state index contributed by atoms with van der Waals surface area (Å²) >= 11 is 7.66.